The molecule has 0 spiro atoms. The Bertz CT molecular complexity index is 3550. The van der Waals surface area contributed by atoms with Gasteiger partial charge in [-0.05, 0) is 125 Å². The van der Waals surface area contributed by atoms with E-state index in [1.54, 1.807) is 0 Å². The van der Waals surface area contributed by atoms with Gasteiger partial charge in [0.25, 0.3) is 0 Å². The smallest absolute Gasteiger partial charge is 0.136 e. The molecule has 2 aliphatic rings. The minimum atomic E-state index is -0.138. The van der Waals surface area contributed by atoms with E-state index >= 15 is 0 Å². The zero-order valence-electron chi connectivity index (χ0n) is 31.8. The Morgan fingerprint density at radius 3 is 1.63 bits per heavy atom. The Morgan fingerprint density at radius 1 is 0.424 bits per heavy atom. The normalized spacial score (nSPS) is 14.9. The van der Waals surface area contributed by atoms with Crippen molar-refractivity contribution >= 4 is 76.8 Å². The van der Waals surface area contributed by atoms with Gasteiger partial charge >= 0.3 is 0 Å². The standard InChI is InChI=1S/C55H34N2O2/c1-5-16-49-42(12-1)43-13-2-6-17-50(43)56(49)39-22-24-41-30-38(29-39)46-31-36(20-25-53(46)58-41)34-10-9-11-35(28-34)37-21-26-54-47(32-37)48-33-40(23-27-55(48)59-54)57-51-18-7-3-14-44(51)45-15-4-8-19-52(45)57/h1-33,41H. The van der Waals surface area contributed by atoms with Gasteiger partial charge in [0.15, 0.2) is 0 Å². The summed E-state index contributed by atoms with van der Waals surface area (Å²) in [7, 11) is 0. The summed E-state index contributed by atoms with van der Waals surface area (Å²) in [5.41, 5.74) is 15.6. The van der Waals surface area contributed by atoms with Crippen LogP contribution in [-0.2, 0) is 0 Å². The molecule has 0 saturated heterocycles. The van der Waals surface area contributed by atoms with E-state index in [-0.39, 0.29) is 6.10 Å². The van der Waals surface area contributed by atoms with Gasteiger partial charge in [-0.15, -0.1) is 0 Å². The minimum absolute atomic E-state index is 0.138. The first-order valence-electron chi connectivity index (χ1n) is 20.2. The third-order valence-electron chi connectivity index (χ3n) is 12.3. The van der Waals surface area contributed by atoms with Crippen LogP contribution in [0.3, 0.4) is 0 Å². The second-order valence-corrected chi connectivity index (χ2v) is 15.7. The molecule has 8 aromatic carbocycles. The lowest BCUT2D eigenvalue weighted by atomic mass is 9.93. The number of rotatable bonds is 4. The first kappa shape index (κ1) is 32.3. The molecule has 4 heterocycles. The van der Waals surface area contributed by atoms with Gasteiger partial charge in [-0.2, -0.15) is 0 Å². The Hall–Kier alpha value is -7.82. The maximum absolute atomic E-state index is 6.53. The molecule has 0 saturated carbocycles. The van der Waals surface area contributed by atoms with Crippen LogP contribution in [0.15, 0.2) is 205 Å². The fourth-order valence-corrected chi connectivity index (χ4v) is 9.61. The van der Waals surface area contributed by atoms with Gasteiger partial charge < -0.3 is 18.3 Å². The van der Waals surface area contributed by atoms with Crippen LogP contribution >= 0.6 is 0 Å². The number of hydrogen-bond donors (Lipinski definition) is 0. The molecule has 4 heteroatoms. The molecular formula is C55H34N2O2. The topological polar surface area (TPSA) is 32.2 Å². The number of para-hydroxylation sites is 4. The van der Waals surface area contributed by atoms with Gasteiger partial charge in [-0.1, -0.05) is 103 Å². The zero-order chi connectivity index (χ0) is 38.6. The van der Waals surface area contributed by atoms with Gasteiger partial charge in [0.05, 0.1) is 22.1 Å². The number of nitrogens with zero attached hydrogens (tertiary/aromatic N) is 2. The highest BCUT2D eigenvalue weighted by molar-refractivity contribution is 6.12. The van der Waals surface area contributed by atoms with Crippen LogP contribution in [0.4, 0.5) is 0 Å². The Labute approximate surface area is 339 Å². The lowest BCUT2D eigenvalue weighted by Crippen LogP contribution is -2.15. The molecular weight excluding hydrogens is 721 g/mol. The molecule has 1 aliphatic carbocycles. The maximum Gasteiger partial charge on any atom is 0.136 e. The summed E-state index contributed by atoms with van der Waals surface area (Å²) < 4.78 is 17.7. The molecule has 0 amide bonds. The first-order valence-corrected chi connectivity index (χ1v) is 20.2. The first-order chi connectivity index (χ1) is 29.2. The molecule has 13 rings (SSSR count). The van der Waals surface area contributed by atoms with Crippen LogP contribution in [0.2, 0.25) is 0 Å². The van der Waals surface area contributed by atoms with Crippen molar-refractivity contribution < 1.29 is 9.15 Å². The summed E-state index contributed by atoms with van der Waals surface area (Å²) in [6.45, 7) is 0. The van der Waals surface area contributed by atoms with Crippen LogP contribution in [-0.4, -0.2) is 15.2 Å². The third kappa shape index (κ3) is 4.90. The van der Waals surface area contributed by atoms with E-state index in [1.165, 1.54) is 43.6 Å². The lowest BCUT2D eigenvalue weighted by molar-refractivity contribution is 0.292. The fourth-order valence-electron chi connectivity index (χ4n) is 9.61. The van der Waals surface area contributed by atoms with Crippen LogP contribution in [0, 0.1) is 0 Å². The van der Waals surface area contributed by atoms with E-state index in [0.29, 0.717) is 0 Å². The summed E-state index contributed by atoms with van der Waals surface area (Å²) in [4.78, 5) is 0. The van der Waals surface area contributed by atoms with Crippen molar-refractivity contribution in [1.29, 1.82) is 0 Å². The lowest BCUT2D eigenvalue weighted by Gasteiger charge is -2.22. The minimum Gasteiger partial charge on any atom is -0.482 e. The van der Waals surface area contributed by atoms with E-state index in [9.17, 15) is 0 Å². The van der Waals surface area contributed by atoms with E-state index in [1.807, 2.05) is 0 Å². The van der Waals surface area contributed by atoms with Gasteiger partial charge in [0.2, 0.25) is 0 Å². The molecule has 1 unspecified atom stereocenters. The molecule has 2 bridgehead atoms. The van der Waals surface area contributed by atoms with Crippen molar-refractivity contribution in [2.75, 3.05) is 0 Å². The fraction of sp³-hybridized carbons (Fsp3) is 0.0182. The number of aromatic nitrogens is 2. The van der Waals surface area contributed by atoms with E-state index in [0.717, 1.165) is 72.5 Å². The molecule has 1 aliphatic heterocycles. The second kappa shape index (κ2) is 12.3. The Morgan fingerprint density at radius 2 is 0.966 bits per heavy atom. The SMILES string of the molecule is C1=CC2C=C(C=C1n1c3ccccc3c3ccccc31)c1cc(-c3cccc(-c4ccc5oc6ccc(-n7c8ccccc8c8ccccc87)cc6c5c4)c3)ccc1O2. The molecule has 4 nitrogen and oxygen atoms in total. The van der Waals surface area contributed by atoms with Gasteiger partial charge in [0, 0.05) is 49.3 Å². The van der Waals surface area contributed by atoms with Crippen molar-refractivity contribution in [2.24, 2.45) is 0 Å². The largest absolute Gasteiger partial charge is 0.482 e. The highest BCUT2D eigenvalue weighted by Gasteiger charge is 2.23. The van der Waals surface area contributed by atoms with E-state index in [2.05, 4.69) is 209 Å². The summed E-state index contributed by atoms with van der Waals surface area (Å²) in [6.07, 6.45) is 8.77. The van der Waals surface area contributed by atoms with Gasteiger partial charge in [-0.3, -0.25) is 0 Å². The number of fused-ring (bicyclic) bond motifs is 12. The van der Waals surface area contributed by atoms with Crippen LogP contribution in [0.1, 0.15) is 5.56 Å². The predicted molar refractivity (Wildman–Crippen MR) is 244 cm³/mol. The Kier molecular flexibility index (Phi) is 6.75. The molecule has 0 N–H and O–H groups in total. The van der Waals surface area contributed by atoms with Crippen molar-refractivity contribution in [3.05, 3.63) is 206 Å². The summed E-state index contributed by atoms with van der Waals surface area (Å²) >= 11 is 0. The molecule has 59 heavy (non-hydrogen) atoms. The van der Waals surface area contributed by atoms with E-state index < -0.39 is 0 Å². The number of ether oxygens (including phenoxy) is 1. The van der Waals surface area contributed by atoms with Crippen molar-refractivity contribution in [3.8, 4) is 33.7 Å². The van der Waals surface area contributed by atoms with Crippen LogP contribution in [0.5, 0.6) is 5.75 Å². The van der Waals surface area contributed by atoms with E-state index in [4.69, 9.17) is 9.15 Å². The van der Waals surface area contributed by atoms with Gasteiger partial charge in [-0.25, -0.2) is 0 Å². The average Bonchev–Trinajstić information content (AvgIpc) is 3.90. The van der Waals surface area contributed by atoms with Crippen molar-refractivity contribution in [2.45, 2.75) is 6.10 Å². The Balaban J connectivity index is 0.885. The van der Waals surface area contributed by atoms with Gasteiger partial charge in [0.1, 0.15) is 23.0 Å². The van der Waals surface area contributed by atoms with Crippen molar-refractivity contribution in [1.82, 2.24) is 9.13 Å². The molecule has 0 fully saturated rings. The summed E-state index contributed by atoms with van der Waals surface area (Å²) in [5, 5.41) is 7.21. The molecule has 3 aromatic heterocycles. The monoisotopic (exact) mass is 754 g/mol. The maximum atomic E-state index is 6.53. The molecule has 0 radical (unpaired) electrons. The molecule has 1 atom stereocenters. The number of hydrogen-bond acceptors (Lipinski definition) is 2. The molecule has 11 aromatic rings. The second-order valence-electron chi connectivity index (χ2n) is 15.7. The highest BCUT2D eigenvalue weighted by atomic mass is 16.5. The third-order valence-corrected chi connectivity index (χ3v) is 12.3. The number of furan rings is 1. The summed E-state index contributed by atoms with van der Waals surface area (Å²) in [6, 6.07) is 63.2. The van der Waals surface area contributed by atoms with Crippen LogP contribution < -0.4 is 4.74 Å². The average molecular weight is 755 g/mol. The number of allylic oxidation sites excluding steroid dienone is 4. The molecule has 276 valence electrons. The zero-order valence-corrected chi connectivity index (χ0v) is 31.8. The quantitative estimate of drug-likeness (QED) is 0.179. The van der Waals surface area contributed by atoms with Crippen LogP contribution in [0.25, 0.3) is 105 Å². The summed E-state index contributed by atoms with van der Waals surface area (Å²) in [5.74, 6) is 0.898. The number of benzene rings is 8. The highest BCUT2D eigenvalue weighted by Crippen LogP contribution is 2.42. The van der Waals surface area contributed by atoms with Crippen molar-refractivity contribution in [3.63, 3.8) is 0 Å². The predicted octanol–water partition coefficient (Wildman–Crippen LogP) is 14.4.